The summed E-state index contributed by atoms with van der Waals surface area (Å²) in [6.07, 6.45) is 1.58. The Hall–Kier alpha value is -4.90. The molecule has 0 unspecified atom stereocenters. The van der Waals surface area contributed by atoms with Gasteiger partial charge in [0.15, 0.2) is 11.5 Å². The number of hydrogen-bond donors (Lipinski definition) is 2. The molecule has 0 radical (unpaired) electrons. The summed E-state index contributed by atoms with van der Waals surface area (Å²) in [5.74, 6) is 0.921. The van der Waals surface area contributed by atoms with Crippen LogP contribution in [0.25, 0.3) is 10.9 Å². The van der Waals surface area contributed by atoms with Gasteiger partial charge >= 0.3 is 6.03 Å². The third kappa shape index (κ3) is 6.30. The predicted molar refractivity (Wildman–Crippen MR) is 154 cm³/mol. The third-order valence-corrected chi connectivity index (χ3v) is 6.78. The van der Waals surface area contributed by atoms with Gasteiger partial charge in [-0.15, -0.1) is 0 Å². The van der Waals surface area contributed by atoms with Crippen molar-refractivity contribution in [1.82, 2.24) is 14.8 Å². The first-order valence-corrected chi connectivity index (χ1v) is 13.0. The Labute approximate surface area is 236 Å². The number of nitrogens with one attached hydrogen (secondary N) is 2. The van der Waals surface area contributed by atoms with E-state index >= 15 is 0 Å². The molecule has 0 saturated carbocycles. The van der Waals surface area contributed by atoms with E-state index in [-0.39, 0.29) is 17.3 Å². The number of benzene rings is 3. The molecule has 1 saturated heterocycles. The second-order valence-electron chi connectivity index (χ2n) is 9.53. The van der Waals surface area contributed by atoms with E-state index in [9.17, 15) is 14.0 Å². The summed E-state index contributed by atoms with van der Waals surface area (Å²) in [5, 5.41) is 5.82. The minimum atomic E-state index is -0.686. The SMILES string of the molecule is COc1cc2nccc(Oc3ccc(NC(=O)Nc4cccc(C(=O)N5CCN(C)CC5)c4)c(F)c3)c2cc1OC. The van der Waals surface area contributed by atoms with Crippen LogP contribution in [0.3, 0.4) is 0 Å². The number of pyridine rings is 1. The number of likely N-dealkylation sites (N-methyl/N-ethyl adjacent to an activating group) is 1. The summed E-state index contributed by atoms with van der Waals surface area (Å²) < 4.78 is 31.6. The Morgan fingerprint density at radius 1 is 0.878 bits per heavy atom. The van der Waals surface area contributed by atoms with Crippen molar-refractivity contribution in [3.8, 4) is 23.0 Å². The zero-order valence-corrected chi connectivity index (χ0v) is 22.9. The summed E-state index contributed by atoms with van der Waals surface area (Å²) in [4.78, 5) is 33.8. The van der Waals surface area contributed by atoms with Gasteiger partial charge in [-0.3, -0.25) is 9.78 Å². The highest BCUT2D eigenvalue weighted by Gasteiger charge is 2.21. The predicted octanol–water partition coefficient (Wildman–Crippen LogP) is 5.22. The zero-order chi connectivity index (χ0) is 28.9. The minimum Gasteiger partial charge on any atom is -0.493 e. The van der Waals surface area contributed by atoms with Crippen LogP contribution in [-0.2, 0) is 0 Å². The number of nitrogens with zero attached hydrogens (tertiary/aromatic N) is 3. The van der Waals surface area contributed by atoms with Gasteiger partial charge in [-0.2, -0.15) is 0 Å². The maximum absolute atomic E-state index is 15.0. The molecule has 3 aromatic carbocycles. The van der Waals surface area contributed by atoms with Gasteiger partial charge in [0, 0.05) is 61.1 Å². The molecular weight excluding hydrogens is 529 g/mol. The molecule has 41 heavy (non-hydrogen) atoms. The molecule has 4 aromatic rings. The fourth-order valence-corrected chi connectivity index (χ4v) is 4.53. The van der Waals surface area contributed by atoms with E-state index in [0.29, 0.717) is 52.5 Å². The van der Waals surface area contributed by atoms with Crippen molar-refractivity contribution in [3.05, 3.63) is 78.2 Å². The van der Waals surface area contributed by atoms with Crippen molar-refractivity contribution in [1.29, 1.82) is 0 Å². The molecule has 0 atom stereocenters. The molecule has 0 bridgehead atoms. The maximum atomic E-state index is 15.0. The Morgan fingerprint density at radius 2 is 1.63 bits per heavy atom. The van der Waals surface area contributed by atoms with E-state index in [1.165, 1.54) is 26.4 Å². The quantitative estimate of drug-likeness (QED) is 0.320. The number of anilines is 2. The number of carbonyl (C=O) groups excluding carboxylic acids is 2. The van der Waals surface area contributed by atoms with Crippen LogP contribution in [0.5, 0.6) is 23.0 Å². The van der Waals surface area contributed by atoms with Gasteiger partial charge < -0.3 is 34.6 Å². The van der Waals surface area contributed by atoms with Crippen LogP contribution in [0.15, 0.2) is 66.9 Å². The van der Waals surface area contributed by atoms with E-state index in [2.05, 4.69) is 20.5 Å². The molecular formula is C30H30FN5O5. The van der Waals surface area contributed by atoms with Gasteiger partial charge in [0.2, 0.25) is 0 Å². The maximum Gasteiger partial charge on any atom is 0.323 e. The summed E-state index contributed by atoms with van der Waals surface area (Å²) in [5.41, 5.74) is 1.47. The Bertz CT molecular complexity index is 1590. The van der Waals surface area contributed by atoms with Crippen molar-refractivity contribution in [2.75, 3.05) is 58.1 Å². The van der Waals surface area contributed by atoms with Crippen LogP contribution >= 0.6 is 0 Å². The van der Waals surface area contributed by atoms with Gasteiger partial charge in [0.05, 0.1) is 25.4 Å². The molecule has 3 amide bonds. The molecule has 1 aliphatic rings. The minimum absolute atomic E-state index is 0.0366. The molecule has 2 heterocycles. The van der Waals surface area contributed by atoms with Crippen LogP contribution in [-0.4, -0.2) is 74.2 Å². The number of fused-ring (bicyclic) bond motifs is 1. The zero-order valence-electron chi connectivity index (χ0n) is 22.9. The number of ether oxygens (including phenoxy) is 3. The molecule has 212 valence electrons. The molecule has 5 rings (SSSR count). The first-order valence-electron chi connectivity index (χ1n) is 13.0. The number of methoxy groups -OCH3 is 2. The third-order valence-electron chi connectivity index (χ3n) is 6.78. The highest BCUT2D eigenvalue weighted by molar-refractivity contribution is 6.01. The fraction of sp³-hybridized carbons (Fsp3) is 0.233. The Kier molecular flexibility index (Phi) is 8.16. The van der Waals surface area contributed by atoms with Gasteiger partial charge in [-0.25, -0.2) is 9.18 Å². The van der Waals surface area contributed by atoms with Crippen LogP contribution in [0.2, 0.25) is 0 Å². The van der Waals surface area contributed by atoms with Crippen LogP contribution in [0.1, 0.15) is 10.4 Å². The number of carbonyl (C=O) groups is 2. The molecule has 1 fully saturated rings. The molecule has 1 aliphatic heterocycles. The van der Waals surface area contributed by atoms with E-state index in [0.717, 1.165) is 13.1 Å². The van der Waals surface area contributed by atoms with Crippen molar-refractivity contribution >= 4 is 34.2 Å². The first kappa shape index (κ1) is 27.7. The van der Waals surface area contributed by atoms with Crippen LogP contribution < -0.4 is 24.8 Å². The van der Waals surface area contributed by atoms with E-state index in [1.54, 1.807) is 59.6 Å². The van der Waals surface area contributed by atoms with Crippen molar-refractivity contribution < 1.29 is 28.2 Å². The number of amides is 3. The van der Waals surface area contributed by atoms with Crippen molar-refractivity contribution in [2.45, 2.75) is 0 Å². The molecule has 10 nitrogen and oxygen atoms in total. The highest BCUT2D eigenvalue weighted by Crippen LogP contribution is 2.37. The second kappa shape index (κ2) is 12.1. The molecule has 1 aromatic heterocycles. The van der Waals surface area contributed by atoms with Crippen LogP contribution in [0.4, 0.5) is 20.6 Å². The standard InChI is InChI=1S/C30H30FN5O5/c1-35-11-13-36(14-12-35)29(37)19-5-4-6-20(15-19)33-30(38)34-24-8-7-21(16-23(24)31)41-26-9-10-32-25-18-28(40-3)27(39-2)17-22(25)26/h4-10,15-18H,11-14H2,1-3H3,(H2,33,34,38). The molecule has 2 N–H and O–H groups in total. The average Bonchev–Trinajstić information content (AvgIpc) is 2.98. The number of rotatable bonds is 7. The first-order chi connectivity index (χ1) is 19.8. The van der Waals surface area contributed by atoms with Gasteiger partial charge in [0.1, 0.15) is 17.3 Å². The van der Waals surface area contributed by atoms with Crippen molar-refractivity contribution in [3.63, 3.8) is 0 Å². The number of hydrogen-bond acceptors (Lipinski definition) is 7. The van der Waals surface area contributed by atoms with E-state index < -0.39 is 11.8 Å². The number of aromatic nitrogens is 1. The number of piperazine rings is 1. The lowest BCUT2D eigenvalue weighted by Gasteiger charge is -2.32. The average molecular weight is 560 g/mol. The fourth-order valence-electron chi connectivity index (χ4n) is 4.53. The second-order valence-corrected chi connectivity index (χ2v) is 9.53. The molecule has 0 aliphatic carbocycles. The van der Waals surface area contributed by atoms with Gasteiger partial charge in [0.25, 0.3) is 5.91 Å². The van der Waals surface area contributed by atoms with E-state index in [4.69, 9.17) is 14.2 Å². The summed E-state index contributed by atoms with van der Waals surface area (Å²) in [6.45, 7) is 2.91. The lowest BCUT2D eigenvalue weighted by atomic mass is 10.1. The highest BCUT2D eigenvalue weighted by atomic mass is 19.1. The lowest BCUT2D eigenvalue weighted by Crippen LogP contribution is -2.47. The van der Waals surface area contributed by atoms with Crippen molar-refractivity contribution in [2.24, 2.45) is 0 Å². The number of urea groups is 1. The van der Waals surface area contributed by atoms with Gasteiger partial charge in [-0.05, 0) is 49.5 Å². The number of halogens is 1. The summed E-state index contributed by atoms with van der Waals surface area (Å²) >= 11 is 0. The Balaban J connectivity index is 1.25. The molecule has 11 heteroatoms. The van der Waals surface area contributed by atoms with E-state index in [1.807, 2.05) is 7.05 Å². The molecule has 0 spiro atoms. The monoisotopic (exact) mass is 559 g/mol. The largest absolute Gasteiger partial charge is 0.493 e. The summed E-state index contributed by atoms with van der Waals surface area (Å²) in [6, 6.07) is 15.3. The van der Waals surface area contributed by atoms with Crippen LogP contribution in [0, 0.1) is 5.82 Å². The smallest absolute Gasteiger partial charge is 0.323 e. The lowest BCUT2D eigenvalue weighted by molar-refractivity contribution is 0.0664. The topological polar surface area (TPSA) is 105 Å². The Morgan fingerprint density at radius 3 is 2.37 bits per heavy atom. The normalized spacial score (nSPS) is 13.5. The summed E-state index contributed by atoms with van der Waals surface area (Å²) in [7, 11) is 5.09. The van der Waals surface area contributed by atoms with Gasteiger partial charge in [-0.1, -0.05) is 6.07 Å².